The van der Waals surface area contributed by atoms with E-state index in [4.69, 9.17) is 4.74 Å². The van der Waals surface area contributed by atoms with E-state index in [1.165, 1.54) is 0 Å². The minimum atomic E-state index is -0.841. The first-order valence-corrected chi connectivity index (χ1v) is 8.94. The number of benzene rings is 2. The van der Waals surface area contributed by atoms with Gasteiger partial charge in [-0.15, -0.1) is 0 Å². The van der Waals surface area contributed by atoms with Crippen LogP contribution in [0.25, 0.3) is 0 Å². The van der Waals surface area contributed by atoms with Gasteiger partial charge in [-0.2, -0.15) is 0 Å². The predicted molar refractivity (Wildman–Crippen MR) is 99.5 cm³/mol. The standard InChI is InChI=1S/C21H22N2O4/c1-15(17-10-6-3-7-11-17)22-20(25)18-12-13-19(24)23(18)21(26)27-14-16-8-4-2-5-9-16/h2-11,15,18H,12-14H2,1H3,(H,22,25)/t15-,18-/m0/s1. The number of hydrogen-bond acceptors (Lipinski definition) is 4. The third-order valence-corrected chi connectivity index (χ3v) is 4.57. The lowest BCUT2D eigenvalue weighted by Crippen LogP contribution is -2.48. The average Bonchev–Trinajstić information content (AvgIpc) is 3.09. The number of amides is 3. The van der Waals surface area contributed by atoms with Gasteiger partial charge in [0.1, 0.15) is 12.6 Å². The summed E-state index contributed by atoms with van der Waals surface area (Å²) in [4.78, 5) is 38.1. The molecule has 0 unspecified atom stereocenters. The lowest BCUT2D eigenvalue weighted by Gasteiger charge is -2.23. The Hall–Kier alpha value is -3.15. The number of hydrogen-bond donors (Lipinski definition) is 1. The van der Waals surface area contributed by atoms with Crippen molar-refractivity contribution in [2.45, 2.75) is 38.5 Å². The third kappa shape index (κ3) is 4.53. The number of rotatable bonds is 5. The molecule has 0 aromatic heterocycles. The Balaban J connectivity index is 1.62. The Kier molecular flexibility index (Phi) is 5.86. The van der Waals surface area contributed by atoms with Gasteiger partial charge >= 0.3 is 6.09 Å². The molecule has 1 heterocycles. The molecule has 1 aliphatic heterocycles. The van der Waals surface area contributed by atoms with Crippen molar-refractivity contribution in [1.82, 2.24) is 10.2 Å². The molecule has 1 saturated heterocycles. The molecule has 1 fully saturated rings. The van der Waals surface area contributed by atoms with Crippen LogP contribution in [-0.2, 0) is 20.9 Å². The maximum absolute atomic E-state index is 12.7. The topological polar surface area (TPSA) is 75.7 Å². The fraction of sp³-hybridized carbons (Fsp3) is 0.286. The normalized spacial score (nSPS) is 17.4. The van der Waals surface area contributed by atoms with Gasteiger partial charge in [-0.3, -0.25) is 9.59 Å². The largest absolute Gasteiger partial charge is 0.444 e. The molecule has 0 bridgehead atoms. The summed E-state index contributed by atoms with van der Waals surface area (Å²) in [6.45, 7) is 1.92. The van der Waals surface area contributed by atoms with Gasteiger partial charge in [-0.05, 0) is 24.5 Å². The quantitative estimate of drug-likeness (QED) is 0.882. The van der Waals surface area contributed by atoms with E-state index in [0.29, 0.717) is 6.42 Å². The van der Waals surface area contributed by atoms with E-state index >= 15 is 0 Å². The van der Waals surface area contributed by atoms with Gasteiger partial charge in [0.15, 0.2) is 0 Å². The van der Waals surface area contributed by atoms with Gasteiger partial charge in [0.05, 0.1) is 6.04 Å². The fourth-order valence-corrected chi connectivity index (χ4v) is 3.08. The lowest BCUT2D eigenvalue weighted by atomic mass is 10.1. The van der Waals surface area contributed by atoms with Crippen molar-refractivity contribution in [3.05, 3.63) is 71.8 Å². The second-order valence-electron chi connectivity index (χ2n) is 6.50. The fourth-order valence-electron chi connectivity index (χ4n) is 3.08. The maximum atomic E-state index is 12.7. The SMILES string of the molecule is C[C@H](NC(=O)[C@@H]1CCC(=O)N1C(=O)OCc1ccccc1)c1ccccc1. The second kappa shape index (κ2) is 8.49. The van der Waals surface area contributed by atoms with E-state index in [1.54, 1.807) is 0 Å². The summed E-state index contributed by atoms with van der Waals surface area (Å²) in [6, 6.07) is 17.6. The summed E-state index contributed by atoms with van der Waals surface area (Å²) in [7, 11) is 0. The molecule has 2 aromatic carbocycles. The molecule has 0 saturated carbocycles. The molecule has 3 amide bonds. The molecule has 0 spiro atoms. The Morgan fingerprint density at radius 2 is 1.74 bits per heavy atom. The van der Waals surface area contributed by atoms with Crippen molar-refractivity contribution in [2.24, 2.45) is 0 Å². The van der Waals surface area contributed by atoms with Crippen LogP contribution < -0.4 is 5.32 Å². The monoisotopic (exact) mass is 366 g/mol. The van der Waals surface area contributed by atoms with Crippen molar-refractivity contribution in [3.8, 4) is 0 Å². The zero-order chi connectivity index (χ0) is 19.2. The molecule has 3 rings (SSSR count). The van der Waals surface area contributed by atoms with E-state index in [2.05, 4.69) is 5.32 Å². The molecule has 6 nitrogen and oxygen atoms in total. The molecule has 2 aromatic rings. The Morgan fingerprint density at radius 3 is 2.41 bits per heavy atom. The average molecular weight is 366 g/mol. The molecule has 6 heteroatoms. The Labute approximate surface area is 158 Å². The zero-order valence-corrected chi connectivity index (χ0v) is 15.1. The van der Waals surface area contributed by atoms with Crippen molar-refractivity contribution in [2.75, 3.05) is 0 Å². The van der Waals surface area contributed by atoms with Gasteiger partial charge in [0.25, 0.3) is 0 Å². The Bertz CT molecular complexity index is 807. The number of imide groups is 1. The van der Waals surface area contributed by atoms with Crippen molar-refractivity contribution in [1.29, 1.82) is 0 Å². The first-order valence-electron chi connectivity index (χ1n) is 8.94. The summed E-state index contributed by atoms with van der Waals surface area (Å²) in [6.07, 6.45) is -0.334. The van der Waals surface area contributed by atoms with Crippen molar-refractivity contribution >= 4 is 17.9 Å². The number of ether oxygens (including phenoxy) is 1. The van der Waals surface area contributed by atoms with Crippen LogP contribution in [0, 0.1) is 0 Å². The van der Waals surface area contributed by atoms with E-state index in [0.717, 1.165) is 16.0 Å². The van der Waals surface area contributed by atoms with Crippen LogP contribution in [0.4, 0.5) is 4.79 Å². The minimum absolute atomic E-state index is 0.0538. The molecule has 0 radical (unpaired) electrons. The molecule has 1 N–H and O–H groups in total. The minimum Gasteiger partial charge on any atom is -0.444 e. The number of likely N-dealkylation sites (tertiary alicyclic amines) is 1. The van der Waals surface area contributed by atoms with Gasteiger partial charge in [0, 0.05) is 6.42 Å². The van der Waals surface area contributed by atoms with Crippen LogP contribution >= 0.6 is 0 Å². The smallest absolute Gasteiger partial charge is 0.417 e. The summed E-state index contributed by atoms with van der Waals surface area (Å²) >= 11 is 0. The van der Waals surface area contributed by atoms with E-state index in [9.17, 15) is 14.4 Å². The molecular formula is C21H22N2O4. The highest BCUT2D eigenvalue weighted by molar-refractivity contribution is 6.00. The summed E-state index contributed by atoms with van der Waals surface area (Å²) in [5.74, 6) is -0.741. The maximum Gasteiger partial charge on any atom is 0.417 e. The second-order valence-corrected chi connectivity index (χ2v) is 6.50. The first-order chi connectivity index (χ1) is 13.1. The number of nitrogens with zero attached hydrogens (tertiary/aromatic N) is 1. The Morgan fingerprint density at radius 1 is 1.11 bits per heavy atom. The van der Waals surface area contributed by atoms with Gasteiger partial charge in [-0.1, -0.05) is 60.7 Å². The van der Waals surface area contributed by atoms with Gasteiger partial charge in [0.2, 0.25) is 11.8 Å². The van der Waals surface area contributed by atoms with Crippen LogP contribution in [0.3, 0.4) is 0 Å². The van der Waals surface area contributed by atoms with Crippen molar-refractivity contribution < 1.29 is 19.1 Å². The van der Waals surface area contributed by atoms with Crippen LogP contribution in [0.2, 0.25) is 0 Å². The van der Waals surface area contributed by atoms with Crippen molar-refractivity contribution in [3.63, 3.8) is 0 Å². The highest BCUT2D eigenvalue weighted by atomic mass is 16.6. The van der Waals surface area contributed by atoms with E-state index in [-0.39, 0.29) is 30.9 Å². The van der Waals surface area contributed by atoms with Crippen LogP contribution in [0.1, 0.15) is 36.9 Å². The highest BCUT2D eigenvalue weighted by Crippen LogP contribution is 2.22. The number of carbonyl (C=O) groups is 3. The molecular weight excluding hydrogens is 344 g/mol. The molecule has 140 valence electrons. The number of carbonyl (C=O) groups excluding carboxylic acids is 3. The van der Waals surface area contributed by atoms with Crippen LogP contribution in [0.5, 0.6) is 0 Å². The highest BCUT2D eigenvalue weighted by Gasteiger charge is 2.41. The van der Waals surface area contributed by atoms with E-state index in [1.807, 2.05) is 67.6 Å². The summed E-state index contributed by atoms with van der Waals surface area (Å²) in [5.41, 5.74) is 1.77. The number of nitrogens with one attached hydrogen (secondary N) is 1. The molecule has 1 aliphatic rings. The lowest BCUT2D eigenvalue weighted by molar-refractivity contribution is -0.134. The predicted octanol–water partition coefficient (Wildman–Crippen LogP) is 3.19. The van der Waals surface area contributed by atoms with Gasteiger partial charge < -0.3 is 10.1 Å². The molecule has 0 aliphatic carbocycles. The van der Waals surface area contributed by atoms with E-state index < -0.39 is 12.1 Å². The third-order valence-electron chi connectivity index (χ3n) is 4.57. The zero-order valence-electron chi connectivity index (χ0n) is 15.1. The summed E-state index contributed by atoms with van der Waals surface area (Å²) < 4.78 is 5.24. The first kappa shape index (κ1) is 18.6. The molecule has 27 heavy (non-hydrogen) atoms. The molecule has 2 atom stereocenters. The summed E-state index contributed by atoms with van der Waals surface area (Å²) in [5, 5.41) is 2.88. The van der Waals surface area contributed by atoms with Gasteiger partial charge in [-0.25, -0.2) is 9.69 Å². The van der Waals surface area contributed by atoms with Crippen LogP contribution in [-0.4, -0.2) is 28.8 Å². The van der Waals surface area contributed by atoms with Crippen LogP contribution in [0.15, 0.2) is 60.7 Å².